The van der Waals surface area contributed by atoms with Crippen molar-refractivity contribution >= 4 is 28.3 Å². The predicted molar refractivity (Wildman–Crippen MR) is 125 cm³/mol. The summed E-state index contributed by atoms with van der Waals surface area (Å²) in [6, 6.07) is 7.93. The van der Waals surface area contributed by atoms with Crippen LogP contribution in [-0.4, -0.2) is 59.7 Å². The average Bonchev–Trinajstić information content (AvgIpc) is 3.65. The van der Waals surface area contributed by atoms with Crippen molar-refractivity contribution in [2.24, 2.45) is 0 Å². The van der Waals surface area contributed by atoms with Crippen LogP contribution in [0.4, 0.5) is 10.2 Å². The Balaban J connectivity index is 1.64. The molecule has 1 aromatic carbocycles. The number of hydrogen-bond acceptors (Lipinski definition) is 7. The van der Waals surface area contributed by atoms with Gasteiger partial charge in [-0.05, 0) is 37.4 Å². The third kappa shape index (κ3) is 3.96. The van der Waals surface area contributed by atoms with Crippen molar-refractivity contribution in [3.05, 3.63) is 40.8 Å². The van der Waals surface area contributed by atoms with E-state index in [-0.39, 0.29) is 23.3 Å². The molecule has 5 rings (SSSR count). The Kier molecular flexibility index (Phi) is 5.77. The summed E-state index contributed by atoms with van der Waals surface area (Å²) < 4.78 is 21.3. The van der Waals surface area contributed by atoms with Gasteiger partial charge < -0.3 is 9.64 Å². The van der Waals surface area contributed by atoms with Crippen molar-refractivity contribution < 1.29 is 9.13 Å². The summed E-state index contributed by atoms with van der Waals surface area (Å²) in [5.41, 5.74) is 2.06. The summed E-state index contributed by atoms with van der Waals surface area (Å²) >= 11 is 6.48. The molecular formula is C24H24ClFN6O. The number of anilines is 1. The predicted octanol–water partition coefficient (Wildman–Crippen LogP) is 4.40. The molecule has 1 saturated carbocycles. The average molecular weight is 467 g/mol. The third-order valence-electron chi connectivity index (χ3n) is 6.52. The van der Waals surface area contributed by atoms with Crippen LogP contribution in [-0.2, 0) is 0 Å². The van der Waals surface area contributed by atoms with E-state index in [0.29, 0.717) is 47.2 Å². The van der Waals surface area contributed by atoms with Crippen LogP contribution in [0.25, 0.3) is 22.2 Å². The minimum absolute atomic E-state index is 0.0596. The minimum Gasteiger partial charge on any atom is -0.467 e. The van der Waals surface area contributed by atoms with Crippen LogP contribution in [0.1, 0.15) is 30.7 Å². The molecule has 0 bridgehead atoms. The lowest BCUT2D eigenvalue weighted by atomic mass is 9.99. The first-order chi connectivity index (χ1) is 16.0. The normalized spacial score (nSPS) is 19.0. The maximum atomic E-state index is 16.0. The highest BCUT2D eigenvalue weighted by atomic mass is 35.5. The first-order valence-electron chi connectivity index (χ1n) is 11.0. The fourth-order valence-corrected chi connectivity index (χ4v) is 4.87. The van der Waals surface area contributed by atoms with E-state index in [1.165, 1.54) is 7.11 Å². The topological polar surface area (TPSA) is 78.2 Å². The van der Waals surface area contributed by atoms with Gasteiger partial charge in [0.05, 0.1) is 25.0 Å². The van der Waals surface area contributed by atoms with Crippen molar-refractivity contribution in [2.75, 3.05) is 38.7 Å². The zero-order valence-corrected chi connectivity index (χ0v) is 19.3. The van der Waals surface area contributed by atoms with Crippen molar-refractivity contribution in [2.45, 2.75) is 31.2 Å². The van der Waals surface area contributed by atoms with Gasteiger partial charge in [-0.3, -0.25) is 9.88 Å². The Hall–Kier alpha value is -3.02. The molecule has 0 radical (unpaired) electrons. The molecule has 0 N–H and O–H groups in total. The number of ether oxygens (including phenoxy) is 1. The molecule has 170 valence electrons. The Morgan fingerprint density at radius 3 is 2.82 bits per heavy atom. The maximum Gasteiger partial charge on any atom is 0.318 e. The molecule has 3 heterocycles. The number of fused-ring (bicyclic) bond motifs is 1. The Morgan fingerprint density at radius 1 is 1.27 bits per heavy atom. The summed E-state index contributed by atoms with van der Waals surface area (Å²) in [7, 11) is 3.48. The quantitative estimate of drug-likeness (QED) is 0.551. The van der Waals surface area contributed by atoms with Crippen LogP contribution in [0.5, 0.6) is 6.01 Å². The van der Waals surface area contributed by atoms with E-state index in [4.69, 9.17) is 16.3 Å². The minimum atomic E-state index is -0.513. The van der Waals surface area contributed by atoms with E-state index in [1.54, 1.807) is 6.20 Å². The van der Waals surface area contributed by atoms with Gasteiger partial charge in [-0.1, -0.05) is 23.7 Å². The Bertz CT molecular complexity index is 1260. The van der Waals surface area contributed by atoms with E-state index < -0.39 is 5.82 Å². The summed E-state index contributed by atoms with van der Waals surface area (Å²) in [6.07, 6.45) is 4.12. The second-order valence-electron chi connectivity index (χ2n) is 8.64. The number of methoxy groups -OCH3 is 1. The SMILES string of the molecule is COc1nc(N2CCN(C)[C@@H](CC#N)C2)c2cnc(-c3cccc(Cl)c3C3CC3)c(F)c2n1. The van der Waals surface area contributed by atoms with Crippen LogP contribution in [0.2, 0.25) is 5.02 Å². The molecule has 33 heavy (non-hydrogen) atoms. The fraction of sp³-hybridized carbons (Fsp3) is 0.417. The lowest BCUT2D eigenvalue weighted by Gasteiger charge is -2.39. The van der Waals surface area contributed by atoms with E-state index in [2.05, 4.69) is 30.8 Å². The maximum absolute atomic E-state index is 16.0. The zero-order valence-electron chi connectivity index (χ0n) is 18.6. The van der Waals surface area contributed by atoms with Crippen LogP contribution in [0.15, 0.2) is 24.4 Å². The highest BCUT2D eigenvalue weighted by molar-refractivity contribution is 6.31. The molecule has 0 spiro atoms. The van der Waals surface area contributed by atoms with Crippen molar-refractivity contribution in [3.8, 4) is 23.3 Å². The lowest BCUT2D eigenvalue weighted by Crippen LogP contribution is -2.51. The second kappa shape index (κ2) is 8.73. The summed E-state index contributed by atoms with van der Waals surface area (Å²) in [5, 5.41) is 10.4. The Labute approximate surface area is 196 Å². The molecule has 2 aromatic heterocycles. The molecular weight excluding hydrogens is 443 g/mol. The van der Waals surface area contributed by atoms with Crippen molar-refractivity contribution in [3.63, 3.8) is 0 Å². The number of benzene rings is 1. The number of likely N-dealkylation sites (N-methyl/N-ethyl adjacent to an activating group) is 1. The molecule has 0 amide bonds. The number of aromatic nitrogens is 3. The molecule has 2 fully saturated rings. The van der Waals surface area contributed by atoms with Crippen molar-refractivity contribution in [1.29, 1.82) is 5.26 Å². The molecule has 1 atom stereocenters. The standard InChI is InChI=1S/C24H24ClFN6O/c1-31-10-11-32(13-15(31)8-9-27)23-17-12-28-21(20(26)22(17)29-24(30-23)33-2)16-4-3-5-18(25)19(16)14-6-7-14/h3-5,12,14-15H,6-8,10-11,13H2,1-2H3/t15-/m0/s1. The van der Waals surface area contributed by atoms with Gasteiger partial charge in [-0.25, -0.2) is 4.39 Å². The summed E-state index contributed by atoms with van der Waals surface area (Å²) in [5.74, 6) is 0.393. The van der Waals surface area contributed by atoms with Gasteiger partial charge in [0.1, 0.15) is 17.0 Å². The lowest BCUT2D eigenvalue weighted by molar-refractivity contribution is 0.221. The van der Waals surface area contributed by atoms with Crippen LogP contribution >= 0.6 is 11.6 Å². The smallest absolute Gasteiger partial charge is 0.318 e. The van der Waals surface area contributed by atoms with E-state index >= 15 is 4.39 Å². The monoisotopic (exact) mass is 466 g/mol. The van der Waals surface area contributed by atoms with Gasteiger partial charge in [-0.2, -0.15) is 15.2 Å². The number of halogens is 2. The van der Waals surface area contributed by atoms with E-state index in [1.807, 2.05) is 25.2 Å². The van der Waals surface area contributed by atoms with Crippen LogP contribution < -0.4 is 9.64 Å². The van der Waals surface area contributed by atoms with Gasteiger partial charge in [0, 0.05) is 42.5 Å². The van der Waals surface area contributed by atoms with E-state index in [9.17, 15) is 5.26 Å². The molecule has 1 aliphatic heterocycles. The molecule has 2 aliphatic rings. The number of nitrogens with zero attached hydrogens (tertiary/aromatic N) is 6. The molecule has 7 nitrogen and oxygen atoms in total. The van der Waals surface area contributed by atoms with Crippen molar-refractivity contribution in [1.82, 2.24) is 19.9 Å². The van der Waals surface area contributed by atoms with E-state index in [0.717, 1.165) is 24.9 Å². The summed E-state index contributed by atoms with van der Waals surface area (Å²) in [4.78, 5) is 17.6. The van der Waals surface area contributed by atoms with Gasteiger partial charge in [0.2, 0.25) is 0 Å². The first kappa shape index (κ1) is 21.8. The number of nitriles is 1. The number of pyridine rings is 1. The van der Waals surface area contributed by atoms with Gasteiger partial charge in [0.15, 0.2) is 5.82 Å². The summed E-state index contributed by atoms with van der Waals surface area (Å²) in [6.45, 7) is 2.06. The van der Waals surface area contributed by atoms with Crippen LogP contribution in [0.3, 0.4) is 0 Å². The highest BCUT2D eigenvalue weighted by Crippen LogP contribution is 2.48. The van der Waals surface area contributed by atoms with Gasteiger partial charge >= 0.3 is 6.01 Å². The first-order valence-corrected chi connectivity index (χ1v) is 11.4. The highest BCUT2D eigenvalue weighted by Gasteiger charge is 2.31. The van der Waals surface area contributed by atoms with Gasteiger partial charge in [0.25, 0.3) is 0 Å². The molecule has 9 heteroatoms. The Morgan fingerprint density at radius 2 is 2.09 bits per heavy atom. The zero-order chi connectivity index (χ0) is 23.1. The second-order valence-corrected chi connectivity index (χ2v) is 9.04. The number of rotatable bonds is 5. The largest absolute Gasteiger partial charge is 0.467 e. The third-order valence-corrected chi connectivity index (χ3v) is 6.85. The molecule has 1 aliphatic carbocycles. The molecule has 1 saturated heterocycles. The number of hydrogen-bond donors (Lipinski definition) is 0. The number of piperazine rings is 1. The molecule has 3 aromatic rings. The van der Waals surface area contributed by atoms with Crippen LogP contribution in [0, 0.1) is 17.1 Å². The molecule has 0 unspecified atom stereocenters. The van der Waals surface area contributed by atoms with Gasteiger partial charge in [-0.15, -0.1) is 0 Å². The fourth-order valence-electron chi connectivity index (χ4n) is 4.54.